The summed E-state index contributed by atoms with van der Waals surface area (Å²) in [7, 11) is 0. The van der Waals surface area contributed by atoms with Gasteiger partial charge in [0.25, 0.3) is 21.1 Å². The first-order valence-electron chi connectivity index (χ1n) is 0.941. The largest absolute Gasteiger partial charge is 1.00 e. The van der Waals surface area contributed by atoms with Crippen LogP contribution in [0.25, 0.3) is 0 Å². The molecule has 9 heavy (non-hydrogen) atoms. The average molecular weight is 343 g/mol. The minimum absolute atomic E-state index is 0. The van der Waals surface area contributed by atoms with Gasteiger partial charge in [-0.25, -0.2) is 0 Å². The van der Waals surface area contributed by atoms with Gasteiger partial charge in [-0.15, -0.1) is 0 Å². The molecule has 1 N–H and O–H groups in total. The van der Waals surface area contributed by atoms with E-state index < -0.39 is 35.9 Å². The van der Waals surface area contributed by atoms with Crippen LogP contribution < -0.4 is 91.2 Å². The fraction of sp³-hybridized carbons (Fsp3) is 0. The van der Waals surface area contributed by atoms with Gasteiger partial charge in [0.15, 0.2) is 0 Å². The molecule has 0 amide bonds. The Kier molecular flexibility index (Phi) is 25.9. The van der Waals surface area contributed by atoms with E-state index in [-0.39, 0.29) is 51.4 Å². The van der Waals surface area contributed by atoms with E-state index in [1.165, 1.54) is 0 Å². The van der Waals surface area contributed by atoms with Gasteiger partial charge in [0, 0.05) is 0 Å². The van der Waals surface area contributed by atoms with Crippen LogP contribution >= 0.6 is 0 Å². The van der Waals surface area contributed by atoms with Gasteiger partial charge < -0.3 is 18.7 Å². The topological polar surface area (TPSA) is 136 Å². The first-order valence-corrected chi connectivity index (χ1v) is 5.59. The third-order valence-corrected chi connectivity index (χ3v) is 0. The van der Waals surface area contributed by atoms with Crippen molar-refractivity contribution < 1.29 is 110 Å². The predicted octanol–water partition coefficient (Wildman–Crippen LogP) is -12.5. The summed E-state index contributed by atoms with van der Waals surface area (Å²) in [5.74, 6) is 0. The van der Waals surface area contributed by atoms with Crippen LogP contribution in [0.2, 0.25) is 0 Å². The maximum atomic E-state index is 8.63. The molecule has 0 atom stereocenters. The van der Waals surface area contributed by atoms with Crippen LogP contribution in [-0.4, -0.2) is 4.20 Å². The molecule has 0 bridgehead atoms. The predicted molar refractivity (Wildman–Crippen MR) is 2.22 cm³/mol. The molecule has 0 aromatic heterocycles. The second-order valence-corrected chi connectivity index (χ2v) is 2.31. The zero-order valence-electron chi connectivity index (χ0n) is 4.24. The molecule has 0 fully saturated rings. The molecule has 6 nitrogen and oxygen atoms in total. The normalized spacial score (nSPS) is 8.00. The van der Waals surface area contributed by atoms with Crippen LogP contribution in [0.15, 0.2) is 0 Å². The molecule has 0 unspecified atom stereocenters. The Hall–Kier alpha value is 2.61. The van der Waals surface area contributed by atoms with E-state index in [1.54, 1.807) is 0 Å². The Bertz CT molecular complexity index is 28.5. The smallest absolute Gasteiger partial charge is 0.427 e. The van der Waals surface area contributed by atoms with Gasteiger partial charge in [-0.1, -0.05) is 0 Å². The Morgan fingerprint density at radius 3 is 1.11 bits per heavy atom. The molecule has 0 saturated heterocycles. The van der Waals surface area contributed by atoms with Gasteiger partial charge in [0.2, 0.25) is 0 Å². The van der Waals surface area contributed by atoms with Gasteiger partial charge in [-0.3, -0.25) is 0 Å². The van der Waals surface area contributed by atoms with E-state index in [4.69, 9.17) is 22.9 Å². The molecule has 0 rings (SSSR count). The van der Waals surface area contributed by atoms with Crippen LogP contribution in [0, 0.1) is 14.8 Å². The summed E-state index contributed by atoms with van der Waals surface area (Å²) in [4.78, 5) is 0. The number of hydrogen-bond donors (Lipinski definition) is 1. The maximum Gasteiger partial charge on any atom is 1.00 e. The van der Waals surface area contributed by atoms with Gasteiger partial charge in [0.05, 0.1) is 0 Å². The second kappa shape index (κ2) is 13.2. The van der Waals surface area contributed by atoms with Gasteiger partial charge >= 0.3 is 66.2 Å². The van der Waals surface area contributed by atoms with Crippen molar-refractivity contribution in [1.82, 2.24) is 0 Å². The quantitative estimate of drug-likeness (QED) is 0.343. The number of hydrogen-bond acceptors (Lipinski definition) is 6. The molecule has 0 aliphatic carbocycles. The molecular formula is HBrIKO6. The molecule has 0 aliphatic rings. The van der Waals surface area contributed by atoms with Gasteiger partial charge in [-0.05, 0) is 4.20 Å². The van der Waals surface area contributed by atoms with Crippen LogP contribution in [0.5, 0.6) is 0 Å². The van der Waals surface area contributed by atoms with E-state index in [2.05, 4.69) is 0 Å². The van der Waals surface area contributed by atoms with Gasteiger partial charge in [0.1, 0.15) is 0 Å². The van der Waals surface area contributed by atoms with Crippen LogP contribution in [0.1, 0.15) is 0 Å². The Balaban J connectivity index is -0.0000000720. The van der Waals surface area contributed by atoms with Crippen LogP contribution in [-0.2, 0) is 0 Å². The zero-order chi connectivity index (χ0) is 7.15. The number of halogens is 2. The molecule has 0 aromatic carbocycles. The molecule has 9 heteroatoms. The van der Waals surface area contributed by atoms with Crippen molar-refractivity contribution in [3.05, 3.63) is 0 Å². The summed E-state index contributed by atoms with van der Waals surface area (Å²) in [5, 5.41) is 0. The van der Waals surface area contributed by atoms with Crippen molar-refractivity contribution >= 4 is 0 Å². The summed E-state index contributed by atoms with van der Waals surface area (Å²) in [5.41, 5.74) is 0. The standard InChI is InChI=1S/BrHO3.IO3.K/c2*2-1(3)4;/h2H;;/q;-1;+1. The van der Waals surface area contributed by atoms with E-state index in [9.17, 15) is 0 Å². The van der Waals surface area contributed by atoms with E-state index in [0.717, 1.165) is 0 Å². The molecule has 0 heterocycles. The van der Waals surface area contributed by atoms with Crippen molar-refractivity contribution in [1.29, 1.82) is 0 Å². The van der Waals surface area contributed by atoms with E-state index in [1.807, 2.05) is 0 Å². The monoisotopic (exact) mass is 342 g/mol. The molecular weight excluding hydrogens is 342 g/mol. The minimum atomic E-state index is -4.01. The van der Waals surface area contributed by atoms with Crippen molar-refractivity contribution in [3.63, 3.8) is 0 Å². The van der Waals surface area contributed by atoms with Gasteiger partial charge in [-0.2, -0.15) is 0 Å². The minimum Gasteiger partial charge on any atom is -0.427 e. The second-order valence-electron chi connectivity index (χ2n) is 0.390. The Morgan fingerprint density at radius 2 is 1.11 bits per heavy atom. The van der Waals surface area contributed by atoms with Crippen molar-refractivity contribution in [2.24, 2.45) is 0 Å². The third kappa shape index (κ3) is 116. The first-order chi connectivity index (χ1) is 3.46. The fourth-order valence-electron chi connectivity index (χ4n) is 0. The molecule has 0 spiro atoms. The SMILES string of the molecule is [K+].[O-][Br+2]([O-])O.[O-][I+2]([O-])[O-]. The molecule has 0 aromatic rings. The van der Waals surface area contributed by atoms with Crippen molar-refractivity contribution in [2.45, 2.75) is 0 Å². The summed E-state index contributed by atoms with van der Waals surface area (Å²) in [6.07, 6.45) is 0. The molecule has 0 aliphatic heterocycles. The number of rotatable bonds is 0. The van der Waals surface area contributed by atoms with Crippen molar-refractivity contribution in [2.75, 3.05) is 0 Å². The molecule has 0 radical (unpaired) electrons. The van der Waals surface area contributed by atoms with Crippen molar-refractivity contribution in [3.8, 4) is 0 Å². The molecule has 52 valence electrons. The third-order valence-electron chi connectivity index (χ3n) is 0. The fourth-order valence-corrected chi connectivity index (χ4v) is 0. The van der Waals surface area contributed by atoms with Crippen LogP contribution in [0.4, 0.5) is 0 Å². The average Bonchev–Trinajstić information content (AvgIpc) is 1.25. The van der Waals surface area contributed by atoms with E-state index >= 15 is 0 Å². The molecule has 0 saturated carbocycles. The van der Waals surface area contributed by atoms with Crippen LogP contribution in [0.3, 0.4) is 0 Å². The summed E-state index contributed by atoms with van der Waals surface area (Å²) in [6, 6.07) is 0. The Labute approximate surface area is 108 Å². The zero-order valence-corrected chi connectivity index (χ0v) is 11.1. The summed E-state index contributed by atoms with van der Waals surface area (Å²) in [6.45, 7) is 0. The Morgan fingerprint density at radius 1 is 1.11 bits per heavy atom. The summed E-state index contributed by atoms with van der Waals surface area (Å²) >= 11 is -7.41. The maximum absolute atomic E-state index is 8.63. The first kappa shape index (κ1) is 17.6. The summed E-state index contributed by atoms with van der Waals surface area (Å²) < 4.78 is 50.0. The van der Waals surface area contributed by atoms with E-state index in [0.29, 0.717) is 0 Å².